The molecule has 6 heteroatoms. The molecule has 4 heterocycles. The van der Waals surface area contributed by atoms with Gasteiger partial charge in [0.1, 0.15) is 11.2 Å². The van der Waals surface area contributed by atoms with Crippen molar-refractivity contribution in [2.75, 3.05) is 0 Å². The average Bonchev–Trinajstić information content (AvgIpc) is 3.94. The molecule has 0 saturated heterocycles. The third-order valence-electron chi connectivity index (χ3n) is 11.1. The minimum atomic E-state index is 0.601. The van der Waals surface area contributed by atoms with Gasteiger partial charge in [0.15, 0.2) is 17.5 Å². The summed E-state index contributed by atoms with van der Waals surface area (Å²) in [7, 11) is 0. The van der Waals surface area contributed by atoms with Crippen LogP contribution in [0.4, 0.5) is 0 Å². The fraction of sp³-hybridized carbons (Fsp3) is 0. The van der Waals surface area contributed by atoms with Gasteiger partial charge in [-0.3, -0.25) is 0 Å². The summed E-state index contributed by atoms with van der Waals surface area (Å²) in [5.74, 6) is 1.82. The van der Waals surface area contributed by atoms with Crippen molar-refractivity contribution in [3.63, 3.8) is 0 Å². The number of benzene rings is 8. The second-order valence-corrected chi connectivity index (χ2v) is 14.4. The molecule has 0 aliphatic carbocycles. The van der Waals surface area contributed by atoms with Gasteiger partial charge in [-0.05, 0) is 66.7 Å². The molecule has 266 valence electrons. The molecule has 0 atom stereocenters. The van der Waals surface area contributed by atoms with Crippen LogP contribution in [-0.2, 0) is 0 Å². The maximum absolute atomic E-state index is 6.15. The normalized spacial score (nSPS) is 11.9. The summed E-state index contributed by atoms with van der Waals surface area (Å²) in [4.78, 5) is 15.3. The van der Waals surface area contributed by atoms with Crippen LogP contribution in [0, 0.1) is 0 Å². The lowest BCUT2D eigenvalue weighted by molar-refractivity contribution is 0.669. The average molecular weight is 730 g/mol. The summed E-state index contributed by atoms with van der Waals surface area (Å²) < 4.78 is 10.9. The van der Waals surface area contributed by atoms with Crippen LogP contribution in [0.25, 0.3) is 111 Å². The summed E-state index contributed by atoms with van der Waals surface area (Å²) in [6.45, 7) is 0. The topological polar surface area (TPSA) is 61.7 Å². The zero-order chi connectivity index (χ0) is 37.5. The predicted molar refractivity (Wildman–Crippen MR) is 232 cm³/mol. The molecule has 57 heavy (non-hydrogen) atoms. The van der Waals surface area contributed by atoms with E-state index in [0.717, 1.165) is 61.0 Å². The second-order valence-electron chi connectivity index (χ2n) is 14.4. The Morgan fingerprint density at radius 2 is 0.912 bits per heavy atom. The van der Waals surface area contributed by atoms with Crippen LogP contribution in [0.15, 0.2) is 192 Å². The molecule has 8 aromatic carbocycles. The van der Waals surface area contributed by atoms with E-state index in [2.05, 4.69) is 137 Å². The molecule has 0 amide bonds. The molecule has 0 aliphatic heterocycles. The summed E-state index contributed by atoms with van der Waals surface area (Å²) in [6, 6.07) is 65.6. The summed E-state index contributed by atoms with van der Waals surface area (Å²) in [5.41, 5.74) is 11.2. The molecule has 0 aliphatic rings. The van der Waals surface area contributed by atoms with Gasteiger partial charge in [-0.15, -0.1) is 0 Å². The lowest BCUT2D eigenvalue weighted by Gasteiger charge is -2.12. The molecule has 6 nitrogen and oxygen atoms in total. The van der Waals surface area contributed by atoms with Crippen LogP contribution in [0.1, 0.15) is 0 Å². The Morgan fingerprint density at radius 3 is 1.70 bits per heavy atom. The van der Waals surface area contributed by atoms with Crippen molar-refractivity contribution < 1.29 is 4.42 Å². The van der Waals surface area contributed by atoms with E-state index in [1.54, 1.807) is 0 Å². The van der Waals surface area contributed by atoms with Gasteiger partial charge < -0.3 is 13.6 Å². The summed E-state index contributed by atoms with van der Waals surface area (Å²) in [6.07, 6.45) is 0. The van der Waals surface area contributed by atoms with Gasteiger partial charge in [0.25, 0.3) is 0 Å². The highest BCUT2D eigenvalue weighted by Crippen LogP contribution is 2.42. The van der Waals surface area contributed by atoms with Crippen molar-refractivity contribution in [2.24, 2.45) is 0 Å². The van der Waals surface area contributed by atoms with E-state index in [-0.39, 0.29) is 0 Å². The molecule has 0 N–H and O–H groups in total. The third kappa shape index (κ3) is 4.87. The first-order chi connectivity index (χ1) is 28.3. The molecule has 12 rings (SSSR count). The van der Waals surface area contributed by atoms with E-state index in [1.807, 2.05) is 60.7 Å². The van der Waals surface area contributed by atoms with Crippen molar-refractivity contribution in [1.29, 1.82) is 0 Å². The van der Waals surface area contributed by atoms with E-state index >= 15 is 0 Å². The van der Waals surface area contributed by atoms with E-state index < -0.39 is 0 Å². The van der Waals surface area contributed by atoms with Gasteiger partial charge in [0.05, 0.1) is 22.1 Å². The molecular formula is C51H31N5O. The van der Waals surface area contributed by atoms with Gasteiger partial charge >= 0.3 is 0 Å². The molecule has 4 aromatic heterocycles. The number of furan rings is 1. The molecular weight excluding hydrogens is 699 g/mol. The number of aromatic nitrogens is 5. The lowest BCUT2D eigenvalue weighted by atomic mass is 10.1. The van der Waals surface area contributed by atoms with Crippen molar-refractivity contribution >= 4 is 65.6 Å². The Kier molecular flexibility index (Phi) is 6.83. The van der Waals surface area contributed by atoms with Crippen molar-refractivity contribution in [1.82, 2.24) is 24.1 Å². The third-order valence-corrected chi connectivity index (χ3v) is 11.1. The molecule has 12 aromatic rings. The first-order valence-electron chi connectivity index (χ1n) is 19.1. The van der Waals surface area contributed by atoms with Crippen LogP contribution in [-0.4, -0.2) is 24.1 Å². The lowest BCUT2D eigenvalue weighted by Crippen LogP contribution is -2.01. The largest absolute Gasteiger partial charge is 0.456 e. The maximum atomic E-state index is 6.15. The van der Waals surface area contributed by atoms with E-state index in [0.29, 0.717) is 17.5 Å². The van der Waals surface area contributed by atoms with Crippen molar-refractivity contribution in [3.05, 3.63) is 188 Å². The molecule has 0 unspecified atom stereocenters. The number of rotatable bonds is 5. The van der Waals surface area contributed by atoms with E-state index in [4.69, 9.17) is 19.4 Å². The Morgan fingerprint density at radius 1 is 0.333 bits per heavy atom. The zero-order valence-electron chi connectivity index (χ0n) is 30.5. The fourth-order valence-electron chi connectivity index (χ4n) is 8.63. The van der Waals surface area contributed by atoms with Crippen LogP contribution in [0.2, 0.25) is 0 Å². The van der Waals surface area contributed by atoms with Crippen LogP contribution in [0.3, 0.4) is 0 Å². The minimum absolute atomic E-state index is 0.601. The molecule has 0 bridgehead atoms. The molecule has 0 saturated carbocycles. The number of para-hydroxylation sites is 4. The second kappa shape index (κ2) is 12.3. The molecule has 0 spiro atoms. The van der Waals surface area contributed by atoms with Crippen molar-refractivity contribution in [2.45, 2.75) is 0 Å². The highest BCUT2D eigenvalue weighted by atomic mass is 16.3. The minimum Gasteiger partial charge on any atom is -0.456 e. The fourth-order valence-corrected chi connectivity index (χ4v) is 8.63. The van der Waals surface area contributed by atoms with Crippen molar-refractivity contribution in [3.8, 4) is 45.5 Å². The SMILES string of the molecule is c1ccc(-c2nc(-c3cccc(-n4c5ccccc5c5c4ccc4c6ccccc6n(-c6ccccc6)c45)c3)nc(-c3ccc4oc5ccccc5c4c3)n2)cc1. The smallest absolute Gasteiger partial charge is 0.164 e. The number of hydrogen-bond acceptors (Lipinski definition) is 4. The van der Waals surface area contributed by atoms with Gasteiger partial charge in [-0.2, -0.15) is 0 Å². The van der Waals surface area contributed by atoms with Gasteiger partial charge in [-0.25, -0.2) is 15.0 Å². The Labute approximate surface area is 326 Å². The summed E-state index contributed by atoms with van der Waals surface area (Å²) in [5, 5.41) is 6.96. The van der Waals surface area contributed by atoms with Gasteiger partial charge in [-0.1, -0.05) is 121 Å². The predicted octanol–water partition coefficient (Wildman–Crippen LogP) is 13.0. The Balaban J connectivity index is 1.08. The van der Waals surface area contributed by atoms with Gasteiger partial charge in [0.2, 0.25) is 0 Å². The quantitative estimate of drug-likeness (QED) is 0.177. The monoisotopic (exact) mass is 729 g/mol. The van der Waals surface area contributed by atoms with E-state index in [9.17, 15) is 0 Å². The van der Waals surface area contributed by atoms with Gasteiger partial charge in [0, 0.05) is 60.4 Å². The Hall–Kier alpha value is -7.83. The number of nitrogens with zero attached hydrogens (tertiary/aromatic N) is 5. The standard InChI is InChI=1S/C51H31N5O/c1-3-14-32(15-4-1)49-52-50(54-51(53-49)34-26-29-46-41(31-34)38-21-9-12-25-45(38)57-46)33-16-13-19-36(30-33)55-43-24-11-8-22-40(43)47-44(55)28-27-39-37-20-7-10-23-42(37)56(48(39)47)35-17-5-2-6-18-35/h1-31H. The first-order valence-corrected chi connectivity index (χ1v) is 19.1. The first kappa shape index (κ1) is 31.5. The zero-order valence-corrected chi connectivity index (χ0v) is 30.5. The highest BCUT2D eigenvalue weighted by Gasteiger charge is 2.21. The van der Waals surface area contributed by atoms with Crippen LogP contribution < -0.4 is 0 Å². The number of fused-ring (bicyclic) bond motifs is 10. The number of hydrogen-bond donors (Lipinski definition) is 0. The van der Waals surface area contributed by atoms with Crippen LogP contribution >= 0.6 is 0 Å². The molecule has 0 fully saturated rings. The van der Waals surface area contributed by atoms with Crippen LogP contribution in [0.5, 0.6) is 0 Å². The van der Waals surface area contributed by atoms with E-state index in [1.165, 1.54) is 32.6 Å². The maximum Gasteiger partial charge on any atom is 0.164 e. The molecule has 0 radical (unpaired) electrons. The Bertz CT molecular complexity index is 3520. The summed E-state index contributed by atoms with van der Waals surface area (Å²) >= 11 is 0. The highest BCUT2D eigenvalue weighted by molar-refractivity contribution is 6.26.